The molecule has 1 unspecified atom stereocenters. The van der Waals surface area contributed by atoms with E-state index >= 15 is 0 Å². The first kappa shape index (κ1) is 43.9. The monoisotopic (exact) mass is 1020 g/mol. The summed E-state index contributed by atoms with van der Waals surface area (Å²) in [5, 5.41) is 2.27. The quantitative estimate of drug-likeness (QED) is 0.0943. The van der Waals surface area contributed by atoms with Crippen molar-refractivity contribution in [1.82, 2.24) is 18.7 Å². The molecule has 6 heteroatoms. The summed E-state index contributed by atoms with van der Waals surface area (Å²) in [6.45, 7) is 29.7. The summed E-state index contributed by atoms with van der Waals surface area (Å²) in [6, 6.07) is 54.3. The topological polar surface area (TPSA) is 27.1 Å². The van der Waals surface area contributed by atoms with Crippen molar-refractivity contribution < 1.29 is 25.8 Å². The van der Waals surface area contributed by atoms with E-state index in [0.29, 0.717) is 20.7 Å². The van der Waals surface area contributed by atoms with Crippen LogP contribution in [0.3, 0.4) is 0 Å². The van der Waals surface area contributed by atoms with Crippen LogP contribution in [0.2, 0.25) is 0 Å². The number of ether oxygens (including phenoxy) is 1. The second-order valence-corrected chi connectivity index (χ2v) is 21.8. The summed E-state index contributed by atoms with van der Waals surface area (Å²) in [5.41, 5.74) is 14.1. The Balaban J connectivity index is 0.00000518. The fourth-order valence-corrected chi connectivity index (χ4v) is 9.68. The molecule has 2 aliphatic heterocycles. The molecule has 328 valence electrons. The van der Waals surface area contributed by atoms with Crippen LogP contribution >= 0.6 is 0 Å². The van der Waals surface area contributed by atoms with Crippen LogP contribution in [0, 0.1) is 18.8 Å². The standard InChI is InChI=1S/C58H59N4O.Pt/c1-55(2,3)39-22-25-47-48-27-24-44(36-51(48)60(50(47)32-39)54-33-40(28-29-59-54)56(4,5)6)63-45-31-41(57(7,8)9)30-43(34-45)62-37-61(62,52-20-16-17-21-53(52)62)42-23-26-46(38-18-14-13-15-19-38)49(35-42)58(10,11)12;/h13-33,35,37H,1-12H3;/q-1;/t61-,62?;/m0./s1. The first-order chi connectivity index (χ1) is 29.7. The summed E-state index contributed by atoms with van der Waals surface area (Å²) >= 11 is 0. The van der Waals surface area contributed by atoms with Crippen molar-refractivity contribution in [3.8, 4) is 28.4 Å². The Labute approximate surface area is 394 Å². The molecule has 2 atom stereocenters. The van der Waals surface area contributed by atoms with Gasteiger partial charge in [-0.2, -0.15) is 10.7 Å². The number of nitrogens with zero attached hydrogens (tertiary/aromatic N) is 4. The molecule has 0 bridgehead atoms. The summed E-state index contributed by atoms with van der Waals surface area (Å²) in [6.07, 6.45) is 1.93. The van der Waals surface area contributed by atoms with Crippen molar-refractivity contribution in [2.75, 3.05) is 0 Å². The van der Waals surface area contributed by atoms with E-state index in [2.05, 4.69) is 234 Å². The number of quaternary nitrogens is 2. The molecule has 0 N–H and O–H groups in total. The number of fused-ring (bicyclic) bond motifs is 7. The van der Waals surface area contributed by atoms with Gasteiger partial charge in [0.05, 0.1) is 5.69 Å². The van der Waals surface area contributed by atoms with Gasteiger partial charge in [0.2, 0.25) is 11.4 Å². The van der Waals surface area contributed by atoms with Crippen molar-refractivity contribution in [1.29, 1.82) is 0 Å². The first-order valence-electron chi connectivity index (χ1n) is 22.4. The van der Waals surface area contributed by atoms with E-state index in [1.807, 2.05) is 6.20 Å². The van der Waals surface area contributed by atoms with Gasteiger partial charge in [-0.05, 0) is 79.1 Å². The summed E-state index contributed by atoms with van der Waals surface area (Å²) < 4.78 is 10.4. The van der Waals surface area contributed by atoms with Crippen molar-refractivity contribution in [3.63, 3.8) is 0 Å². The largest absolute Gasteiger partial charge is 0.509 e. The van der Waals surface area contributed by atoms with Crippen molar-refractivity contribution in [2.45, 2.75) is 105 Å². The van der Waals surface area contributed by atoms with E-state index in [-0.39, 0.29) is 42.7 Å². The van der Waals surface area contributed by atoms with Crippen molar-refractivity contribution in [2.24, 2.45) is 0 Å². The van der Waals surface area contributed by atoms with Crippen LogP contribution in [0.25, 0.3) is 38.8 Å². The molecule has 0 radical (unpaired) electrons. The molecular formula is C58H59N4OPt-. The summed E-state index contributed by atoms with van der Waals surface area (Å²) in [5.74, 6) is 2.17. The van der Waals surface area contributed by atoms with Gasteiger partial charge in [-0.15, -0.1) is 35.2 Å². The molecule has 1 fully saturated rings. The zero-order valence-electron chi connectivity index (χ0n) is 39.3. The summed E-state index contributed by atoms with van der Waals surface area (Å²) in [4.78, 5) is 4.98. The third kappa shape index (κ3) is 6.89. The molecular weight excluding hydrogens is 964 g/mol. The minimum Gasteiger partial charge on any atom is -0.509 e. The number of rotatable bonds is 6. The van der Waals surface area contributed by atoms with Gasteiger partial charge in [0.25, 0.3) is 0 Å². The minimum atomic E-state index is -0.151. The number of para-hydroxylation sites is 2. The van der Waals surface area contributed by atoms with Gasteiger partial charge >= 0.3 is 0 Å². The van der Waals surface area contributed by atoms with Crippen molar-refractivity contribution >= 4 is 44.6 Å². The molecule has 8 aromatic rings. The van der Waals surface area contributed by atoms with Crippen LogP contribution in [0.4, 0.5) is 22.7 Å². The molecule has 10 rings (SSSR count). The number of hydrogen-bond acceptors (Lipinski definition) is 2. The van der Waals surface area contributed by atoms with Gasteiger partial charge in [-0.3, -0.25) is 0 Å². The maximum absolute atomic E-state index is 6.97. The molecule has 2 aromatic heterocycles. The van der Waals surface area contributed by atoms with Gasteiger partial charge in [0, 0.05) is 68.5 Å². The average molecular weight is 1020 g/mol. The number of aromatic nitrogens is 2. The van der Waals surface area contributed by atoms with Crippen molar-refractivity contribution in [3.05, 3.63) is 175 Å². The SMILES string of the molecule is CC(C)(C)c1cc(Oc2[c-]c3c(cc2)c2ccc(C(C)(C)C)cc2n3-c2cc(C(C)(C)C)ccn2)[c-]c([N+]23[CH-][N@+]2(c2ccc(-c4ccccc4)c(C(C)(C)C)c2)c2ccccc23)c1.[Pt]. The first-order valence-corrected chi connectivity index (χ1v) is 22.4. The molecule has 0 amide bonds. The number of pyridine rings is 1. The van der Waals surface area contributed by atoms with E-state index in [0.717, 1.165) is 33.3 Å². The van der Waals surface area contributed by atoms with Crippen LogP contribution in [-0.2, 0) is 42.7 Å². The molecule has 6 aromatic carbocycles. The molecule has 2 aliphatic rings. The van der Waals surface area contributed by atoms with Crippen LogP contribution in [0.1, 0.15) is 105 Å². The Morgan fingerprint density at radius 3 is 1.86 bits per heavy atom. The van der Waals surface area contributed by atoms with Gasteiger partial charge in [-0.25, -0.2) is 9.58 Å². The average Bonchev–Trinajstić information content (AvgIpc) is 3.73. The fraction of sp³-hybridized carbons (Fsp3) is 0.276. The van der Waals surface area contributed by atoms with E-state index in [9.17, 15) is 0 Å². The maximum atomic E-state index is 6.97. The summed E-state index contributed by atoms with van der Waals surface area (Å²) in [7, 11) is 0. The predicted octanol–water partition coefficient (Wildman–Crippen LogP) is 15.8. The third-order valence-corrected chi connectivity index (χ3v) is 13.3. The van der Waals surface area contributed by atoms with E-state index < -0.39 is 0 Å². The Kier molecular flexibility index (Phi) is 10.2. The Bertz CT molecular complexity index is 3120. The fourth-order valence-electron chi connectivity index (χ4n) is 9.68. The molecule has 0 saturated carbocycles. The predicted molar refractivity (Wildman–Crippen MR) is 263 cm³/mol. The maximum Gasteiger partial charge on any atom is 0.225 e. The molecule has 0 aliphatic carbocycles. The smallest absolute Gasteiger partial charge is 0.225 e. The second-order valence-electron chi connectivity index (χ2n) is 21.8. The van der Waals surface area contributed by atoms with Crippen LogP contribution < -0.4 is 13.9 Å². The van der Waals surface area contributed by atoms with E-state index in [1.165, 1.54) is 50.4 Å². The normalized spacial score (nSPS) is 18.2. The minimum absolute atomic E-state index is 0. The zero-order valence-corrected chi connectivity index (χ0v) is 41.6. The third-order valence-electron chi connectivity index (χ3n) is 13.3. The zero-order chi connectivity index (χ0) is 44.5. The molecule has 1 saturated heterocycles. The van der Waals surface area contributed by atoms with Crippen LogP contribution in [0.5, 0.6) is 11.5 Å². The molecule has 0 spiro atoms. The molecule has 4 heterocycles. The van der Waals surface area contributed by atoms with E-state index in [4.69, 9.17) is 9.72 Å². The Morgan fingerprint density at radius 1 is 0.547 bits per heavy atom. The van der Waals surface area contributed by atoms with Gasteiger partial charge in [-0.1, -0.05) is 149 Å². The van der Waals surface area contributed by atoms with E-state index in [1.54, 1.807) is 0 Å². The van der Waals surface area contributed by atoms with Crippen LogP contribution in [0.15, 0.2) is 134 Å². The number of hydrogen-bond donors (Lipinski definition) is 0. The Hall–Kier alpha value is -5.32. The van der Waals surface area contributed by atoms with Gasteiger partial charge in [0.1, 0.15) is 5.82 Å². The molecule has 64 heavy (non-hydrogen) atoms. The molecule has 5 nitrogen and oxygen atoms in total. The Morgan fingerprint density at radius 2 is 1.19 bits per heavy atom. The second kappa shape index (κ2) is 14.9. The number of benzene rings is 6. The van der Waals surface area contributed by atoms with Gasteiger partial charge in [0.15, 0.2) is 12.4 Å². The van der Waals surface area contributed by atoms with Gasteiger partial charge < -0.3 is 9.30 Å². The van der Waals surface area contributed by atoms with Crippen LogP contribution in [-0.4, -0.2) is 9.55 Å².